The molecule has 2 aliphatic rings. The van der Waals surface area contributed by atoms with Crippen LogP contribution in [0.2, 0.25) is 5.02 Å². The van der Waals surface area contributed by atoms with Gasteiger partial charge in [-0.3, -0.25) is 0 Å². The van der Waals surface area contributed by atoms with E-state index in [1.54, 1.807) is 18.2 Å². The van der Waals surface area contributed by atoms with Crippen LogP contribution in [0.25, 0.3) is 0 Å². The van der Waals surface area contributed by atoms with Crippen molar-refractivity contribution >= 4 is 27.7 Å². The van der Waals surface area contributed by atoms with Crippen LogP contribution in [0.15, 0.2) is 53.4 Å². The monoisotopic (exact) mass is 447 g/mol. The number of halogens is 1. The minimum absolute atomic E-state index is 0.0479. The molecule has 2 aliphatic heterocycles. The van der Waals surface area contributed by atoms with E-state index in [1.165, 1.54) is 15.9 Å². The molecule has 2 heterocycles. The van der Waals surface area contributed by atoms with E-state index in [0.29, 0.717) is 50.6 Å². The highest BCUT2D eigenvalue weighted by molar-refractivity contribution is 7.89. The molecule has 0 aromatic heterocycles. The first kappa shape index (κ1) is 21.2. The van der Waals surface area contributed by atoms with Crippen molar-refractivity contribution in [2.24, 2.45) is 0 Å². The van der Waals surface area contributed by atoms with E-state index in [1.807, 2.05) is 16.7 Å². The molecule has 0 aliphatic carbocycles. The normalized spacial score (nSPS) is 18.9. The summed E-state index contributed by atoms with van der Waals surface area (Å²) in [5.41, 5.74) is 2.32. The molecule has 8 heteroatoms. The molecule has 0 saturated carbocycles. The lowest BCUT2D eigenvalue weighted by atomic mass is 10.1. The average Bonchev–Trinajstić information content (AvgIpc) is 3.10. The van der Waals surface area contributed by atoms with Crippen molar-refractivity contribution in [3.8, 4) is 0 Å². The molecular formula is C22H26ClN3O3S. The summed E-state index contributed by atoms with van der Waals surface area (Å²) in [7, 11) is -3.56. The largest absolute Gasteiger partial charge is 0.320 e. The van der Waals surface area contributed by atoms with Gasteiger partial charge in [0.1, 0.15) is 0 Å². The number of sulfonamides is 1. The lowest BCUT2D eigenvalue weighted by molar-refractivity contribution is 0.153. The smallest absolute Gasteiger partial charge is 0.320 e. The Morgan fingerprint density at radius 1 is 1.00 bits per heavy atom. The highest BCUT2D eigenvalue weighted by atomic mass is 35.5. The minimum atomic E-state index is -3.56. The van der Waals surface area contributed by atoms with E-state index in [-0.39, 0.29) is 17.0 Å². The van der Waals surface area contributed by atoms with Crippen LogP contribution in [0.4, 0.5) is 4.79 Å². The highest BCUT2D eigenvalue weighted by Crippen LogP contribution is 2.27. The Bertz CT molecular complexity index is 1020. The van der Waals surface area contributed by atoms with Gasteiger partial charge in [0.25, 0.3) is 0 Å². The summed E-state index contributed by atoms with van der Waals surface area (Å²) in [6.07, 6.45) is 1.29. The number of aryl methyl sites for hydroxylation is 1. The van der Waals surface area contributed by atoms with E-state index >= 15 is 0 Å². The Balaban J connectivity index is 1.36. The van der Waals surface area contributed by atoms with E-state index in [2.05, 4.69) is 24.3 Å². The second-order valence-corrected chi connectivity index (χ2v) is 10.4. The highest BCUT2D eigenvalue weighted by Gasteiger charge is 2.37. The quantitative estimate of drug-likeness (QED) is 0.701. The van der Waals surface area contributed by atoms with Crippen molar-refractivity contribution in [1.29, 1.82) is 0 Å². The zero-order valence-electron chi connectivity index (χ0n) is 17.0. The summed E-state index contributed by atoms with van der Waals surface area (Å²) in [6.45, 7) is 4.86. The lowest BCUT2D eigenvalue weighted by Crippen LogP contribution is -2.47. The molecule has 6 nitrogen and oxygen atoms in total. The molecule has 4 rings (SSSR count). The molecular weight excluding hydrogens is 422 g/mol. The van der Waals surface area contributed by atoms with Gasteiger partial charge in [-0.2, -0.15) is 4.31 Å². The summed E-state index contributed by atoms with van der Waals surface area (Å²) in [5.74, 6) is 0. The number of urea groups is 1. The topological polar surface area (TPSA) is 60.9 Å². The standard InChI is InChI=1S/C22H26ClN3O3S/c1-17-5-7-18(8-6-17)16-24-13-14-26(22(24)27)20-9-11-25(12-10-20)30(28,29)21-4-2-3-19(23)15-21/h2-8,15,20H,9-14,16H2,1H3. The van der Waals surface area contributed by atoms with Crippen LogP contribution in [0, 0.1) is 6.92 Å². The molecule has 0 bridgehead atoms. The number of amides is 2. The summed E-state index contributed by atoms with van der Waals surface area (Å²) < 4.78 is 27.3. The number of benzene rings is 2. The molecule has 2 amide bonds. The molecule has 0 spiro atoms. The van der Waals surface area contributed by atoms with Crippen LogP contribution in [0.3, 0.4) is 0 Å². The van der Waals surface area contributed by atoms with Gasteiger partial charge in [-0.1, -0.05) is 47.5 Å². The predicted molar refractivity (Wildman–Crippen MR) is 117 cm³/mol. The minimum Gasteiger partial charge on any atom is -0.320 e. The van der Waals surface area contributed by atoms with Crippen LogP contribution in [-0.4, -0.2) is 60.8 Å². The first-order valence-corrected chi connectivity index (χ1v) is 12.0. The fraction of sp³-hybridized carbons (Fsp3) is 0.409. The molecule has 2 fully saturated rings. The Kier molecular flexibility index (Phi) is 6.04. The number of nitrogens with zero attached hydrogens (tertiary/aromatic N) is 3. The molecule has 0 unspecified atom stereocenters. The van der Waals surface area contributed by atoms with Gasteiger partial charge in [0.15, 0.2) is 0 Å². The van der Waals surface area contributed by atoms with E-state index in [0.717, 1.165) is 5.56 Å². The zero-order chi connectivity index (χ0) is 21.3. The van der Waals surface area contributed by atoms with Crippen molar-refractivity contribution in [3.05, 3.63) is 64.7 Å². The Labute approximate surface area is 183 Å². The molecule has 30 heavy (non-hydrogen) atoms. The molecule has 2 aromatic carbocycles. The molecule has 0 N–H and O–H groups in total. The van der Waals surface area contributed by atoms with E-state index in [4.69, 9.17) is 11.6 Å². The van der Waals surface area contributed by atoms with Crippen LogP contribution >= 0.6 is 11.6 Å². The third-order valence-corrected chi connectivity index (χ3v) is 8.05. The third-order valence-electron chi connectivity index (χ3n) is 5.92. The SMILES string of the molecule is Cc1ccc(CN2CCN(C3CCN(S(=O)(=O)c4cccc(Cl)c4)CC3)C2=O)cc1. The second-order valence-electron chi connectivity index (χ2n) is 7.98. The fourth-order valence-electron chi connectivity index (χ4n) is 4.17. The fourth-order valence-corrected chi connectivity index (χ4v) is 5.94. The van der Waals surface area contributed by atoms with Crippen molar-refractivity contribution in [2.45, 2.75) is 37.2 Å². The van der Waals surface area contributed by atoms with Gasteiger partial charge in [-0.05, 0) is 43.5 Å². The van der Waals surface area contributed by atoms with Gasteiger partial charge < -0.3 is 9.80 Å². The summed E-state index contributed by atoms with van der Waals surface area (Å²) in [4.78, 5) is 16.9. The van der Waals surface area contributed by atoms with Gasteiger partial charge in [-0.15, -0.1) is 0 Å². The van der Waals surface area contributed by atoms with Gasteiger partial charge in [0.2, 0.25) is 10.0 Å². The van der Waals surface area contributed by atoms with Crippen LogP contribution < -0.4 is 0 Å². The van der Waals surface area contributed by atoms with Crippen molar-refractivity contribution < 1.29 is 13.2 Å². The maximum absolute atomic E-state index is 12.9. The maximum atomic E-state index is 12.9. The number of piperidine rings is 1. The second kappa shape index (κ2) is 8.57. The third kappa shape index (κ3) is 4.33. The van der Waals surface area contributed by atoms with Crippen LogP contribution in [-0.2, 0) is 16.6 Å². The first-order valence-electron chi connectivity index (χ1n) is 10.2. The van der Waals surface area contributed by atoms with E-state index in [9.17, 15) is 13.2 Å². The van der Waals surface area contributed by atoms with Crippen LogP contribution in [0.1, 0.15) is 24.0 Å². The van der Waals surface area contributed by atoms with Crippen molar-refractivity contribution in [3.63, 3.8) is 0 Å². The van der Waals surface area contributed by atoms with Gasteiger partial charge in [0.05, 0.1) is 4.90 Å². The number of rotatable bonds is 5. The Morgan fingerprint density at radius 2 is 1.70 bits per heavy atom. The zero-order valence-corrected chi connectivity index (χ0v) is 18.6. The van der Waals surface area contributed by atoms with Crippen LogP contribution in [0.5, 0.6) is 0 Å². The summed E-state index contributed by atoms with van der Waals surface area (Å²) in [6, 6.07) is 14.7. The average molecular weight is 448 g/mol. The number of carbonyl (C=O) groups excluding carboxylic acids is 1. The summed E-state index contributed by atoms with van der Waals surface area (Å²) in [5, 5.41) is 0.405. The Morgan fingerprint density at radius 3 is 2.37 bits per heavy atom. The number of carbonyl (C=O) groups is 1. The predicted octanol–water partition coefficient (Wildman–Crippen LogP) is 3.74. The van der Waals surface area contributed by atoms with Crippen molar-refractivity contribution in [1.82, 2.24) is 14.1 Å². The summed E-state index contributed by atoms with van der Waals surface area (Å²) >= 11 is 5.96. The molecule has 0 radical (unpaired) electrons. The van der Waals surface area contributed by atoms with Gasteiger partial charge >= 0.3 is 6.03 Å². The first-order chi connectivity index (χ1) is 14.3. The molecule has 2 aromatic rings. The molecule has 2 saturated heterocycles. The van der Waals surface area contributed by atoms with Gasteiger partial charge in [-0.25, -0.2) is 13.2 Å². The van der Waals surface area contributed by atoms with Gasteiger partial charge in [0, 0.05) is 43.8 Å². The lowest BCUT2D eigenvalue weighted by Gasteiger charge is -2.35. The number of hydrogen-bond donors (Lipinski definition) is 0. The molecule has 160 valence electrons. The van der Waals surface area contributed by atoms with Crippen molar-refractivity contribution in [2.75, 3.05) is 26.2 Å². The molecule has 0 atom stereocenters. The maximum Gasteiger partial charge on any atom is 0.320 e. The Hall–Kier alpha value is -2.09. The number of hydrogen-bond acceptors (Lipinski definition) is 3. The van der Waals surface area contributed by atoms with E-state index < -0.39 is 10.0 Å².